The van der Waals surface area contributed by atoms with Crippen molar-refractivity contribution in [1.29, 1.82) is 0 Å². The monoisotopic (exact) mass is 359 g/mol. The van der Waals surface area contributed by atoms with Crippen molar-refractivity contribution in [2.45, 2.75) is 37.6 Å². The van der Waals surface area contributed by atoms with Crippen molar-refractivity contribution in [2.24, 2.45) is 0 Å². The van der Waals surface area contributed by atoms with Crippen molar-refractivity contribution in [3.05, 3.63) is 60.0 Å². The van der Waals surface area contributed by atoms with Gasteiger partial charge in [-0.2, -0.15) is 5.10 Å². The van der Waals surface area contributed by atoms with E-state index < -0.39 is 0 Å². The predicted octanol–water partition coefficient (Wildman–Crippen LogP) is 3.90. The van der Waals surface area contributed by atoms with Gasteiger partial charge in [-0.3, -0.25) is 9.89 Å². The molecule has 2 atom stereocenters. The fourth-order valence-electron chi connectivity index (χ4n) is 4.13. The van der Waals surface area contributed by atoms with Crippen LogP contribution in [0.15, 0.2) is 48.5 Å². The number of hydrogen-bond acceptors (Lipinski definition) is 3. The molecule has 0 unspecified atom stereocenters. The number of rotatable bonds is 3. The summed E-state index contributed by atoms with van der Waals surface area (Å²) in [5.41, 5.74) is 3.42. The molecule has 1 aliphatic rings. The van der Waals surface area contributed by atoms with Crippen molar-refractivity contribution in [3.63, 3.8) is 0 Å². The van der Waals surface area contributed by atoms with Crippen molar-refractivity contribution in [2.75, 3.05) is 0 Å². The number of fused-ring (bicyclic) bond motifs is 2. The lowest BCUT2D eigenvalue weighted by atomic mass is 9.85. The van der Waals surface area contributed by atoms with E-state index in [0.717, 1.165) is 53.4 Å². The second-order valence-corrected chi connectivity index (χ2v) is 7.29. The lowest BCUT2D eigenvalue weighted by Gasteiger charge is -2.28. The van der Waals surface area contributed by atoms with Gasteiger partial charge >= 0.3 is 0 Å². The second-order valence-electron chi connectivity index (χ2n) is 7.29. The molecule has 1 amide bonds. The van der Waals surface area contributed by atoms with Gasteiger partial charge in [0.1, 0.15) is 5.82 Å². The molecule has 0 radical (unpaired) electrons. The van der Waals surface area contributed by atoms with E-state index in [2.05, 4.69) is 26.6 Å². The third-order valence-corrected chi connectivity index (χ3v) is 5.49. The van der Waals surface area contributed by atoms with Crippen molar-refractivity contribution in [3.8, 4) is 0 Å². The highest BCUT2D eigenvalue weighted by atomic mass is 16.2. The van der Waals surface area contributed by atoms with Crippen molar-refractivity contribution >= 4 is 27.8 Å². The van der Waals surface area contributed by atoms with Crippen LogP contribution in [-0.2, 0) is 0 Å². The van der Waals surface area contributed by atoms with Gasteiger partial charge in [0, 0.05) is 17.3 Å². The topological polar surface area (TPSA) is 86.5 Å². The molecule has 0 bridgehead atoms. The summed E-state index contributed by atoms with van der Waals surface area (Å²) in [7, 11) is 0. The molecule has 3 N–H and O–H groups in total. The third-order valence-electron chi connectivity index (χ3n) is 5.49. The molecule has 27 heavy (non-hydrogen) atoms. The Balaban J connectivity index is 1.33. The molecule has 136 valence electrons. The number of H-pyrrole nitrogens is 2. The van der Waals surface area contributed by atoms with Gasteiger partial charge in [0.2, 0.25) is 0 Å². The molecular formula is C21H21N5O. The average molecular weight is 359 g/mol. The molecule has 5 rings (SSSR count). The largest absolute Gasteiger partial charge is 0.348 e. The molecule has 1 aliphatic carbocycles. The smallest absolute Gasteiger partial charge is 0.272 e. The fourth-order valence-corrected chi connectivity index (χ4v) is 4.13. The van der Waals surface area contributed by atoms with Crippen LogP contribution in [0, 0.1) is 0 Å². The Morgan fingerprint density at radius 1 is 1.04 bits per heavy atom. The van der Waals surface area contributed by atoms with Crippen LogP contribution in [0.25, 0.3) is 21.9 Å². The molecule has 2 heterocycles. The number of benzene rings is 2. The number of carbonyl (C=O) groups excluding carboxylic acids is 1. The van der Waals surface area contributed by atoms with E-state index in [9.17, 15) is 4.79 Å². The van der Waals surface area contributed by atoms with E-state index in [1.54, 1.807) is 0 Å². The van der Waals surface area contributed by atoms with Gasteiger partial charge in [-0.25, -0.2) is 4.98 Å². The van der Waals surface area contributed by atoms with Crippen LogP contribution in [-0.4, -0.2) is 32.1 Å². The van der Waals surface area contributed by atoms with Crippen LogP contribution >= 0.6 is 0 Å². The number of amides is 1. The maximum atomic E-state index is 12.8. The van der Waals surface area contributed by atoms with E-state index in [1.807, 2.05) is 42.5 Å². The van der Waals surface area contributed by atoms with E-state index in [1.165, 1.54) is 0 Å². The molecule has 0 saturated heterocycles. The Labute approximate surface area is 156 Å². The first-order valence-electron chi connectivity index (χ1n) is 9.46. The highest BCUT2D eigenvalue weighted by Gasteiger charge is 2.27. The summed E-state index contributed by atoms with van der Waals surface area (Å²) in [5.74, 6) is 1.26. The van der Waals surface area contributed by atoms with Crippen molar-refractivity contribution in [1.82, 2.24) is 25.5 Å². The maximum absolute atomic E-state index is 12.8. The Hall–Kier alpha value is -3.15. The lowest BCUT2D eigenvalue weighted by Crippen LogP contribution is -2.38. The molecule has 4 aromatic rings. The predicted molar refractivity (Wildman–Crippen MR) is 105 cm³/mol. The zero-order valence-electron chi connectivity index (χ0n) is 14.9. The minimum atomic E-state index is -0.109. The number of carbonyl (C=O) groups is 1. The quantitative estimate of drug-likeness (QED) is 0.518. The van der Waals surface area contributed by atoms with Gasteiger partial charge in [-0.15, -0.1) is 0 Å². The van der Waals surface area contributed by atoms with Gasteiger partial charge in [0.15, 0.2) is 5.69 Å². The molecule has 2 aromatic heterocycles. The summed E-state index contributed by atoms with van der Waals surface area (Å²) in [6, 6.07) is 15.9. The molecule has 6 nitrogen and oxygen atoms in total. The average Bonchev–Trinajstić information content (AvgIpc) is 3.32. The van der Waals surface area contributed by atoms with E-state index >= 15 is 0 Å². The first-order chi connectivity index (χ1) is 13.3. The van der Waals surface area contributed by atoms with Gasteiger partial charge in [0.05, 0.1) is 16.6 Å². The first-order valence-corrected chi connectivity index (χ1v) is 9.46. The zero-order valence-corrected chi connectivity index (χ0v) is 14.9. The van der Waals surface area contributed by atoms with E-state index in [0.29, 0.717) is 11.6 Å². The van der Waals surface area contributed by atoms with Crippen LogP contribution in [0.3, 0.4) is 0 Å². The van der Waals surface area contributed by atoms with E-state index in [-0.39, 0.29) is 11.9 Å². The fraction of sp³-hybridized carbons (Fsp3) is 0.286. The Bertz CT molecular complexity index is 1080. The summed E-state index contributed by atoms with van der Waals surface area (Å²) in [4.78, 5) is 21.0. The van der Waals surface area contributed by atoms with Gasteiger partial charge < -0.3 is 10.3 Å². The number of para-hydroxylation sites is 3. The molecular weight excluding hydrogens is 338 g/mol. The lowest BCUT2D eigenvalue weighted by molar-refractivity contribution is 0.0921. The normalized spacial score (nSPS) is 20.1. The summed E-state index contributed by atoms with van der Waals surface area (Å²) in [6.07, 6.45) is 4.06. The van der Waals surface area contributed by atoms with E-state index in [4.69, 9.17) is 4.98 Å². The van der Waals surface area contributed by atoms with Crippen LogP contribution < -0.4 is 5.32 Å². The number of nitrogens with zero attached hydrogens (tertiary/aromatic N) is 2. The number of hydrogen-bond donors (Lipinski definition) is 3. The molecule has 6 heteroatoms. The van der Waals surface area contributed by atoms with Gasteiger partial charge in [-0.05, 0) is 37.5 Å². The molecule has 0 spiro atoms. The molecule has 1 saturated carbocycles. The molecule has 2 aromatic carbocycles. The highest BCUT2D eigenvalue weighted by Crippen LogP contribution is 2.32. The summed E-state index contributed by atoms with van der Waals surface area (Å²) in [5, 5.41) is 11.2. The zero-order chi connectivity index (χ0) is 18.2. The summed E-state index contributed by atoms with van der Waals surface area (Å²) >= 11 is 0. The SMILES string of the molecule is O=C(N[C@@H]1CCC[C@H](c2nc3ccccc3[nH]2)C1)c1n[nH]c2ccccc12. The van der Waals surface area contributed by atoms with Crippen molar-refractivity contribution < 1.29 is 4.79 Å². The molecule has 1 fully saturated rings. The minimum Gasteiger partial charge on any atom is -0.348 e. The Morgan fingerprint density at radius 2 is 1.85 bits per heavy atom. The highest BCUT2D eigenvalue weighted by molar-refractivity contribution is 6.04. The van der Waals surface area contributed by atoms with Crippen LogP contribution in [0.4, 0.5) is 0 Å². The maximum Gasteiger partial charge on any atom is 0.272 e. The van der Waals surface area contributed by atoms with Crippen LogP contribution in [0.2, 0.25) is 0 Å². The molecule has 0 aliphatic heterocycles. The Kier molecular flexibility index (Phi) is 3.89. The van der Waals surface area contributed by atoms with Gasteiger partial charge in [0.25, 0.3) is 5.91 Å². The Morgan fingerprint density at radius 3 is 2.74 bits per heavy atom. The van der Waals surface area contributed by atoms with Gasteiger partial charge in [-0.1, -0.05) is 36.8 Å². The summed E-state index contributed by atoms with van der Waals surface area (Å²) in [6.45, 7) is 0. The minimum absolute atomic E-state index is 0.109. The van der Waals surface area contributed by atoms with Crippen LogP contribution in [0.5, 0.6) is 0 Å². The number of aromatic nitrogens is 4. The van der Waals surface area contributed by atoms with Crippen LogP contribution in [0.1, 0.15) is 47.9 Å². The summed E-state index contributed by atoms with van der Waals surface area (Å²) < 4.78 is 0. The first kappa shape index (κ1) is 16.1. The third kappa shape index (κ3) is 2.97. The number of nitrogens with one attached hydrogen (secondary N) is 3. The number of imidazole rings is 1. The number of aromatic amines is 2. The second kappa shape index (κ2) is 6.54. The standard InChI is InChI=1S/C21H21N5O/c27-21(19-15-8-1-2-9-16(15)25-26-19)22-14-7-5-6-13(12-14)20-23-17-10-3-4-11-18(17)24-20/h1-4,8-11,13-14H,5-7,12H2,(H,22,27)(H,23,24)(H,25,26)/t13-,14+/m0/s1.